The van der Waals surface area contributed by atoms with Gasteiger partial charge in [0.2, 0.25) is 5.91 Å². The largest absolute Gasteiger partial charge is 0.369 e. The average molecular weight is 458 g/mol. The lowest BCUT2D eigenvalue weighted by Crippen LogP contribution is -2.12. The summed E-state index contributed by atoms with van der Waals surface area (Å²) < 4.78 is 1.52. The first kappa shape index (κ1) is 19.0. The molecular formula is C19H15N5OS4. The van der Waals surface area contributed by atoms with E-state index in [4.69, 9.17) is 15.7 Å². The van der Waals surface area contributed by atoms with Crippen molar-refractivity contribution in [3.63, 3.8) is 0 Å². The zero-order valence-electron chi connectivity index (χ0n) is 15.1. The Bertz CT molecular complexity index is 1190. The number of thiophene rings is 1. The Hall–Kier alpha value is -2.01. The van der Waals surface area contributed by atoms with Crippen LogP contribution in [0.15, 0.2) is 49.4 Å². The van der Waals surface area contributed by atoms with Gasteiger partial charge in [-0.1, -0.05) is 53.4 Å². The van der Waals surface area contributed by atoms with Gasteiger partial charge in [0.25, 0.3) is 0 Å². The molecular weight excluding hydrogens is 443 g/mol. The summed E-state index contributed by atoms with van der Waals surface area (Å²) in [7, 11) is 0. The summed E-state index contributed by atoms with van der Waals surface area (Å²) in [6, 6.07) is 10.3. The number of thioether (sulfide) groups is 1. The van der Waals surface area contributed by atoms with Crippen LogP contribution >= 0.6 is 46.2 Å². The third-order valence-electron chi connectivity index (χ3n) is 4.35. The van der Waals surface area contributed by atoms with Crippen LogP contribution in [0, 0.1) is 0 Å². The summed E-state index contributed by atoms with van der Waals surface area (Å²) in [5, 5.41) is 12.6. The fourth-order valence-corrected chi connectivity index (χ4v) is 6.70. The van der Waals surface area contributed by atoms with Crippen LogP contribution in [-0.2, 0) is 4.79 Å². The molecule has 1 aliphatic carbocycles. The monoisotopic (exact) mass is 457 g/mol. The Balaban J connectivity index is 1.54. The van der Waals surface area contributed by atoms with E-state index in [9.17, 15) is 4.79 Å². The topological polar surface area (TPSA) is 94.7 Å². The maximum absolute atomic E-state index is 11.0. The van der Waals surface area contributed by atoms with Crippen molar-refractivity contribution in [3.05, 3.63) is 41.5 Å². The molecule has 3 heterocycles. The molecule has 29 heavy (non-hydrogen) atoms. The van der Waals surface area contributed by atoms with Crippen LogP contribution in [0.25, 0.3) is 21.3 Å². The molecule has 6 nitrogen and oxygen atoms in total. The van der Waals surface area contributed by atoms with E-state index >= 15 is 0 Å². The smallest absolute Gasteiger partial charge is 0.227 e. The molecule has 3 aromatic heterocycles. The number of carbonyl (C=O) groups is 1. The van der Waals surface area contributed by atoms with Gasteiger partial charge in [0.15, 0.2) is 8.68 Å². The van der Waals surface area contributed by atoms with Crippen molar-refractivity contribution in [2.24, 2.45) is 5.73 Å². The highest BCUT2D eigenvalue weighted by Crippen LogP contribution is 2.45. The average Bonchev–Trinajstić information content (AvgIpc) is 3.34. The number of hydrogen-bond acceptors (Lipinski definition) is 9. The summed E-state index contributed by atoms with van der Waals surface area (Å²) in [5.74, 6) is 1.23. The molecule has 146 valence electrons. The van der Waals surface area contributed by atoms with Crippen LogP contribution in [0.4, 0.5) is 0 Å². The second kappa shape index (κ2) is 8.02. The van der Waals surface area contributed by atoms with Crippen molar-refractivity contribution < 1.29 is 4.79 Å². The maximum atomic E-state index is 11.0. The van der Waals surface area contributed by atoms with E-state index in [0.29, 0.717) is 5.92 Å². The normalized spacial score (nSPS) is 13.8. The van der Waals surface area contributed by atoms with Gasteiger partial charge in [-0.05, 0) is 30.2 Å². The zero-order valence-corrected chi connectivity index (χ0v) is 18.3. The summed E-state index contributed by atoms with van der Waals surface area (Å²) in [6.45, 7) is 0. The molecule has 0 unspecified atom stereocenters. The van der Waals surface area contributed by atoms with Crippen molar-refractivity contribution >= 4 is 62.3 Å². The first-order chi connectivity index (χ1) is 14.2. The van der Waals surface area contributed by atoms with Crippen molar-refractivity contribution in [1.29, 1.82) is 0 Å². The van der Waals surface area contributed by atoms with Gasteiger partial charge in [0.05, 0.1) is 11.1 Å². The van der Waals surface area contributed by atoms with Gasteiger partial charge in [0, 0.05) is 16.9 Å². The van der Waals surface area contributed by atoms with Crippen LogP contribution in [-0.4, -0.2) is 31.8 Å². The van der Waals surface area contributed by atoms with Gasteiger partial charge in [-0.15, -0.1) is 21.5 Å². The van der Waals surface area contributed by atoms with E-state index < -0.39 is 0 Å². The fraction of sp³-hybridized carbons (Fsp3) is 0.211. The van der Waals surface area contributed by atoms with E-state index in [0.717, 1.165) is 53.7 Å². The van der Waals surface area contributed by atoms with Crippen molar-refractivity contribution in [1.82, 2.24) is 20.2 Å². The third-order valence-corrected chi connectivity index (χ3v) is 8.35. The minimum absolute atomic E-state index is 0.200. The standard InChI is InChI=1S/C19H15N5OS4/c20-13(25)9-27-18-23-24-19(29-18)28-17-14-12(10-4-2-1-3-5-10)8-26-16(14)21-15(22-17)11-6-7-11/h1-5,8,11H,6-7,9H2,(H2,20,25). The highest BCUT2D eigenvalue weighted by molar-refractivity contribution is 8.03. The Morgan fingerprint density at radius 3 is 2.69 bits per heavy atom. The number of carbonyl (C=O) groups excluding carboxylic acids is 1. The third kappa shape index (κ3) is 4.16. The SMILES string of the molecule is NC(=O)CSc1nnc(Sc2nc(C3CC3)nc3scc(-c4ccccc4)c23)s1. The second-order valence-electron chi connectivity index (χ2n) is 6.55. The number of aromatic nitrogens is 4. The molecule has 0 radical (unpaired) electrons. The predicted octanol–water partition coefficient (Wildman–Crippen LogP) is 4.82. The summed E-state index contributed by atoms with van der Waals surface area (Å²) in [6.07, 6.45) is 2.30. The number of primary amides is 1. The number of fused-ring (bicyclic) bond motifs is 1. The van der Waals surface area contributed by atoms with E-state index in [1.165, 1.54) is 34.9 Å². The highest BCUT2D eigenvalue weighted by Gasteiger charge is 2.29. The van der Waals surface area contributed by atoms with Gasteiger partial charge in [-0.2, -0.15) is 0 Å². The summed E-state index contributed by atoms with van der Waals surface area (Å²) in [4.78, 5) is 21.8. The van der Waals surface area contributed by atoms with Crippen molar-refractivity contribution in [2.75, 3.05) is 5.75 Å². The Morgan fingerprint density at radius 1 is 1.14 bits per heavy atom. The molecule has 5 rings (SSSR count). The van der Waals surface area contributed by atoms with Gasteiger partial charge >= 0.3 is 0 Å². The molecule has 1 fully saturated rings. The number of nitrogens with two attached hydrogens (primary N) is 1. The first-order valence-corrected chi connectivity index (χ1v) is 12.4. The lowest BCUT2D eigenvalue weighted by atomic mass is 10.1. The minimum Gasteiger partial charge on any atom is -0.369 e. The van der Waals surface area contributed by atoms with Crippen LogP contribution in [0.5, 0.6) is 0 Å². The molecule has 1 aliphatic rings. The lowest BCUT2D eigenvalue weighted by molar-refractivity contribution is -0.115. The van der Waals surface area contributed by atoms with Gasteiger partial charge < -0.3 is 5.73 Å². The molecule has 4 aromatic rings. The lowest BCUT2D eigenvalue weighted by Gasteiger charge is -2.06. The summed E-state index contributed by atoms with van der Waals surface area (Å²) >= 11 is 5.93. The molecule has 1 amide bonds. The molecule has 0 atom stereocenters. The van der Waals surface area contributed by atoms with Crippen LogP contribution < -0.4 is 5.73 Å². The van der Waals surface area contributed by atoms with Crippen molar-refractivity contribution in [2.45, 2.75) is 32.5 Å². The summed E-state index contributed by atoms with van der Waals surface area (Å²) in [5.41, 5.74) is 7.51. The Morgan fingerprint density at radius 2 is 1.93 bits per heavy atom. The highest BCUT2D eigenvalue weighted by atomic mass is 32.2. The number of hydrogen-bond donors (Lipinski definition) is 1. The number of benzene rings is 1. The molecule has 10 heteroatoms. The van der Waals surface area contributed by atoms with Crippen molar-refractivity contribution in [3.8, 4) is 11.1 Å². The van der Waals surface area contributed by atoms with Crippen LogP contribution in [0.3, 0.4) is 0 Å². The molecule has 0 aliphatic heterocycles. The van der Waals surface area contributed by atoms with Crippen LogP contribution in [0.2, 0.25) is 0 Å². The molecule has 0 saturated heterocycles. The fourth-order valence-electron chi connectivity index (χ4n) is 2.87. The van der Waals surface area contributed by atoms with Gasteiger partial charge in [-0.3, -0.25) is 4.79 Å². The number of amides is 1. The van der Waals surface area contributed by atoms with E-state index in [-0.39, 0.29) is 11.7 Å². The molecule has 2 N–H and O–H groups in total. The maximum Gasteiger partial charge on any atom is 0.227 e. The van der Waals surface area contributed by atoms with Gasteiger partial charge in [0.1, 0.15) is 15.7 Å². The predicted molar refractivity (Wildman–Crippen MR) is 119 cm³/mol. The van der Waals surface area contributed by atoms with Gasteiger partial charge in [-0.25, -0.2) is 9.97 Å². The second-order valence-corrected chi connectivity index (χ2v) is 10.8. The first-order valence-electron chi connectivity index (χ1n) is 8.94. The quantitative estimate of drug-likeness (QED) is 0.314. The Kier molecular flexibility index (Phi) is 5.25. The molecule has 0 spiro atoms. The van der Waals surface area contributed by atoms with E-state index in [1.807, 2.05) is 18.2 Å². The Labute approximate surface area is 183 Å². The molecule has 0 bridgehead atoms. The zero-order chi connectivity index (χ0) is 19.8. The van der Waals surface area contributed by atoms with E-state index in [1.54, 1.807) is 11.3 Å². The minimum atomic E-state index is -0.364. The van der Waals surface area contributed by atoms with Crippen LogP contribution in [0.1, 0.15) is 24.6 Å². The molecule has 1 saturated carbocycles. The number of nitrogens with zero attached hydrogens (tertiary/aromatic N) is 4. The molecule has 1 aromatic carbocycles. The number of rotatable bonds is 7. The van der Waals surface area contributed by atoms with E-state index in [2.05, 4.69) is 27.7 Å².